The molecule has 0 atom stereocenters. The minimum Gasteiger partial charge on any atom is -0.381 e. The minimum atomic E-state index is 0.292. The van der Waals surface area contributed by atoms with Gasteiger partial charge in [-0.25, -0.2) is 0 Å². The predicted octanol–water partition coefficient (Wildman–Crippen LogP) is 0.610. The highest BCUT2D eigenvalue weighted by atomic mass is 16.5. The van der Waals surface area contributed by atoms with Crippen molar-refractivity contribution in [2.75, 3.05) is 7.11 Å². The maximum Gasteiger partial charge on any atom is 0.123 e. The standard InChI is InChI=1S/C6H10O2/c1-8-6-2-5(3-6)4-7/h4-6H,2-3H2,1H3/t5-,6+. The average Bonchev–Trinajstić information content (AvgIpc) is 1.65. The fourth-order valence-electron chi connectivity index (χ4n) is 0.910. The van der Waals surface area contributed by atoms with E-state index >= 15 is 0 Å². The Morgan fingerprint density at radius 2 is 2.25 bits per heavy atom. The van der Waals surface area contributed by atoms with Gasteiger partial charge in [0.05, 0.1) is 6.10 Å². The molecule has 1 saturated carbocycles. The molecular formula is C6H10O2. The van der Waals surface area contributed by atoms with Crippen LogP contribution in [0.3, 0.4) is 0 Å². The van der Waals surface area contributed by atoms with Gasteiger partial charge in [0.15, 0.2) is 0 Å². The number of hydrogen-bond donors (Lipinski definition) is 0. The lowest BCUT2D eigenvalue weighted by Gasteiger charge is -2.29. The molecule has 0 saturated heterocycles. The van der Waals surface area contributed by atoms with Crippen molar-refractivity contribution in [3.8, 4) is 0 Å². The number of carbonyl (C=O) groups excluding carboxylic acids is 1. The van der Waals surface area contributed by atoms with Crippen LogP contribution in [0, 0.1) is 5.92 Å². The topological polar surface area (TPSA) is 26.3 Å². The molecule has 0 aromatic heterocycles. The van der Waals surface area contributed by atoms with Crippen molar-refractivity contribution in [1.82, 2.24) is 0 Å². The van der Waals surface area contributed by atoms with Crippen LogP contribution < -0.4 is 0 Å². The largest absolute Gasteiger partial charge is 0.381 e. The molecule has 1 aliphatic carbocycles. The zero-order chi connectivity index (χ0) is 5.98. The van der Waals surface area contributed by atoms with E-state index in [9.17, 15) is 4.79 Å². The lowest BCUT2D eigenvalue weighted by molar-refractivity contribution is -0.117. The van der Waals surface area contributed by atoms with Gasteiger partial charge < -0.3 is 9.53 Å². The summed E-state index contributed by atoms with van der Waals surface area (Å²) in [5, 5.41) is 0. The van der Waals surface area contributed by atoms with Gasteiger partial charge in [-0.1, -0.05) is 0 Å². The fraction of sp³-hybridized carbons (Fsp3) is 0.833. The minimum absolute atomic E-state index is 0.292. The summed E-state index contributed by atoms with van der Waals surface area (Å²) in [6, 6.07) is 0. The second kappa shape index (κ2) is 2.27. The SMILES string of the molecule is CO[C@H]1C[C@@H](C=O)C1. The molecule has 0 aromatic carbocycles. The van der Waals surface area contributed by atoms with Crippen molar-refractivity contribution in [2.24, 2.45) is 5.92 Å². The highest BCUT2D eigenvalue weighted by Gasteiger charge is 2.27. The van der Waals surface area contributed by atoms with Crippen LogP contribution in [0.2, 0.25) is 0 Å². The molecule has 0 amide bonds. The Kier molecular flexibility index (Phi) is 1.63. The number of methoxy groups -OCH3 is 1. The molecule has 0 bridgehead atoms. The Bertz CT molecular complexity index is 84.5. The third-order valence-electron chi connectivity index (χ3n) is 1.66. The normalized spacial score (nSPS) is 36.1. The van der Waals surface area contributed by atoms with Crippen molar-refractivity contribution in [1.29, 1.82) is 0 Å². The highest BCUT2D eigenvalue weighted by molar-refractivity contribution is 5.55. The summed E-state index contributed by atoms with van der Waals surface area (Å²) >= 11 is 0. The van der Waals surface area contributed by atoms with Gasteiger partial charge in [-0.2, -0.15) is 0 Å². The third-order valence-corrected chi connectivity index (χ3v) is 1.66. The second-order valence-corrected chi connectivity index (χ2v) is 2.23. The van der Waals surface area contributed by atoms with E-state index in [0.29, 0.717) is 12.0 Å². The lowest BCUT2D eigenvalue weighted by atomic mass is 9.84. The van der Waals surface area contributed by atoms with Gasteiger partial charge in [0.2, 0.25) is 0 Å². The summed E-state index contributed by atoms with van der Waals surface area (Å²) in [6.45, 7) is 0. The van der Waals surface area contributed by atoms with Crippen LogP contribution in [0.1, 0.15) is 12.8 Å². The number of carbonyl (C=O) groups is 1. The van der Waals surface area contributed by atoms with Crippen molar-refractivity contribution in [3.05, 3.63) is 0 Å². The summed E-state index contributed by atoms with van der Waals surface area (Å²) in [6.07, 6.45) is 3.24. The summed E-state index contributed by atoms with van der Waals surface area (Å²) in [7, 11) is 1.69. The summed E-state index contributed by atoms with van der Waals surface area (Å²) in [5.74, 6) is 0.292. The van der Waals surface area contributed by atoms with Gasteiger partial charge in [-0.15, -0.1) is 0 Å². The molecule has 8 heavy (non-hydrogen) atoms. The van der Waals surface area contributed by atoms with E-state index in [1.807, 2.05) is 0 Å². The zero-order valence-electron chi connectivity index (χ0n) is 4.96. The molecule has 0 spiro atoms. The molecule has 2 heteroatoms. The molecule has 0 N–H and O–H groups in total. The van der Waals surface area contributed by atoms with E-state index in [2.05, 4.69) is 0 Å². The van der Waals surface area contributed by atoms with Crippen LogP contribution in [0.5, 0.6) is 0 Å². The van der Waals surface area contributed by atoms with Crippen molar-refractivity contribution in [2.45, 2.75) is 18.9 Å². The molecule has 1 aliphatic rings. The van der Waals surface area contributed by atoms with E-state index in [4.69, 9.17) is 4.74 Å². The first-order valence-corrected chi connectivity index (χ1v) is 2.85. The van der Waals surface area contributed by atoms with Gasteiger partial charge in [-0.05, 0) is 12.8 Å². The molecule has 1 fully saturated rings. The van der Waals surface area contributed by atoms with E-state index in [-0.39, 0.29) is 0 Å². The Hall–Kier alpha value is -0.370. The Balaban J connectivity index is 2.11. The number of ether oxygens (including phenoxy) is 1. The van der Waals surface area contributed by atoms with Crippen LogP contribution in [0.4, 0.5) is 0 Å². The summed E-state index contributed by atoms with van der Waals surface area (Å²) < 4.78 is 4.96. The highest BCUT2D eigenvalue weighted by Crippen LogP contribution is 2.26. The van der Waals surface area contributed by atoms with Gasteiger partial charge in [0, 0.05) is 13.0 Å². The fourth-order valence-corrected chi connectivity index (χ4v) is 0.910. The van der Waals surface area contributed by atoms with E-state index in [0.717, 1.165) is 19.1 Å². The van der Waals surface area contributed by atoms with Crippen LogP contribution >= 0.6 is 0 Å². The maximum atomic E-state index is 9.99. The van der Waals surface area contributed by atoms with E-state index in [1.165, 1.54) is 0 Å². The first kappa shape index (κ1) is 5.76. The summed E-state index contributed by atoms with van der Waals surface area (Å²) in [4.78, 5) is 9.99. The second-order valence-electron chi connectivity index (χ2n) is 2.23. The van der Waals surface area contributed by atoms with E-state index < -0.39 is 0 Å². The predicted molar refractivity (Wildman–Crippen MR) is 29.6 cm³/mol. The molecule has 1 rings (SSSR count). The van der Waals surface area contributed by atoms with Crippen LogP contribution in [-0.2, 0) is 9.53 Å². The van der Waals surface area contributed by atoms with Gasteiger partial charge in [0.1, 0.15) is 6.29 Å². The first-order chi connectivity index (χ1) is 3.86. The van der Waals surface area contributed by atoms with Gasteiger partial charge in [-0.3, -0.25) is 0 Å². The molecule has 0 aromatic rings. The Labute approximate surface area is 48.8 Å². The smallest absolute Gasteiger partial charge is 0.123 e. The Morgan fingerprint density at radius 1 is 1.62 bits per heavy atom. The maximum absolute atomic E-state index is 9.99. The van der Waals surface area contributed by atoms with E-state index in [1.54, 1.807) is 7.11 Å². The average molecular weight is 114 g/mol. The van der Waals surface area contributed by atoms with Crippen LogP contribution in [0.15, 0.2) is 0 Å². The lowest BCUT2D eigenvalue weighted by Crippen LogP contribution is -2.30. The zero-order valence-corrected chi connectivity index (χ0v) is 4.96. The molecular weight excluding hydrogens is 104 g/mol. The monoisotopic (exact) mass is 114 g/mol. The molecule has 0 aliphatic heterocycles. The number of hydrogen-bond acceptors (Lipinski definition) is 2. The molecule has 2 nitrogen and oxygen atoms in total. The first-order valence-electron chi connectivity index (χ1n) is 2.85. The van der Waals surface area contributed by atoms with Crippen LogP contribution in [-0.4, -0.2) is 19.5 Å². The van der Waals surface area contributed by atoms with Gasteiger partial charge >= 0.3 is 0 Å². The van der Waals surface area contributed by atoms with Gasteiger partial charge in [0.25, 0.3) is 0 Å². The molecule has 0 unspecified atom stereocenters. The third kappa shape index (κ3) is 0.892. The van der Waals surface area contributed by atoms with Crippen LogP contribution in [0.25, 0.3) is 0 Å². The summed E-state index contributed by atoms with van der Waals surface area (Å²) in [5.41, 5.74) is 0. The molecule has 46 valence electrons. The van der Waals surface area contributed by atoms with Crippen molar-refractivity contribution in [3.63, 3.8) is 0 Å². The number of aldehydes is 1. The van der Waals surface area contributed by atoms with Crippen molar-refractivity contribution < 1.29 is 9.53 Å². The molecule has 0 radical (unpaired) electrons. The quantitative estimate of drug-likeness (QED) is 0.492. The molecule has 0 heterocycles. The Morgan fingerprint density at radius 3 is 2.62 bits per heavy atom. The number of rotatable bonds is 2. The van der Waals surface area contributed by atoms with Crippen molar-refractivity contribution >= 4 is 6.29 Å².